The fraction of sp³-hybridized carbons (Fsp3) is 0.929. The lowest BCUT2D eigenvalue weighted by molar-refractivity contribution is -0.128. The first-order valence-corrected chi connectivity index (χ1v) is 6.71. The summed E-state index contributed by atoms with van der Waals surface area (Å²) in [6.07, 6.45) is 4.01. The first kappa shape index (κ1) is 12.9. The molecule has 0 radical (unpaired) electrons. The van der Waals surface area contributed by atoms with Crippen molar-refractivity contribution in [2.24, 2.45) is 16.7 Å². The lowest BCUT2D eigenvalue weighted by Crippen LogP contribution is -2.52. The van der Waals surface area contributed by atoms with E-state index in [1.807, 2.05) is 14.1 Å². The molecule has 17 heavy (non-hydrogen) atoms. The van der Waals surface area contributed by atoms with Crippen molar-refractivity contribution < 1.29 is 4.79 Å². The molecule has 1 N–H and O–H groups in total. The molecule has 3 nitrogen and oxygen atoms in total. The standard InChI is InChI=1S/C14H26N2O/c1-13(2)10-6-7-14(3,8-10)12(13)15-9-11(17)16(4)5/h10,12,15H,6-9H2,1-5H3. The highest BCUT2D eigenvalue weighted by atomic mass is 16.2. The van der Waals surface area contributed by atoms with Gasteiger partial charge in [0.2, 0.25) is 5.91 Å². The van der Waals surface area contributed by atoms with Crippen molar-refractivity contribution in [3.05, 3.63) is 0 Å². The van der Waals surface area contributed by atoms with Crippen molar-refractivity contribution in [2.45, 2.75) is 46.1 Å². The second-order valence-corrected chi connectivity index (χ2v) is 7.02. The van der Waals surface area contributed by atoms with Gasteiger partial charge < -0.3 is 10.2 Å². The first-order chi connectivity index (χ1) is 7.77. The van der Waals surface area contributed by atoms with Crippen LogP contribution in [-0.4, -0.2) is 37.5 Å². The predicted molar refractivity (Wildman–Crippen MR) is 69.7 cm³/mol. The van der Waals surface area contributed by atoms with Crippen LogP contribution in [0.4, 0.5) is 0 Å². The summed E-state index contributed by atoms with van der Waals surface area (Å²) >= 11 is 0. The molecule has 2 bridgehead atoms. The summed E-state index contributed by atoms with van der Waals surface area (Å²) < 4.78 is 0. The van der Waals surface area contributed by atoms with E-state index < -0.39 is 0 Å². The summed E-state index contributed by atoms with van der Waals surface area (Å²) in [6, 6.07) is 0.484. The lowest BCUT2D eigenvalue weighted by atomic mass is 9.68. The number of hydrogen-bond acceptors (Lipinski definition) is 2. The van der Waals surface area contributed by atoms with Crippen LogP contribution >= 0.6 is 0 Å². The van der Waals surface area contributed by atoms with Crippen LogP contribution in [0.25, 0.3) is 0 Å². The van der Waals surface area contributed by atoms with Crippen molar-refractivity contribution in [3.63, 3.8) is 0 Å². The molecule has 0 heterocycles. The zero-order chi connectivity index (χ0) is 12.8. The Hall–Kier alpha value is -0.570. The second kappa shape index (κ2) is 3.98. The molecule has 0 spiro atoms. The summed E-state index contributed by atoms with van der Waals surface area (Å²) in [6.45, 7) is 7.59. The number of nitrogens with one attached hydrogen (secondary N) is 1. The molecule has 2 rings (SSSR count). The Morgan fingerprint density at radius 1 is 1.35 bits per heavy atom. The minimum absolute atomic E-state index is 0.173. The highest BCUT2D eigenvalue weighted by Gasteiger charge is 2.58. The van der Waals surface area contributed by atoms with E-state index in [0.29, 0.717) is 23.4 Å². The topological polar surface area (TPSA) is 32.3 Å². The molecule has 3 atom stereocenters. The van der Waals surface area contributed by atoms with Crippen molar-refractivity contribution in [1.82, 2.24) is 10.2 Å². The van der Waals surface area contributed by atoms with Crippen LogP contribution in [0.5, 0.6) is 0 Å². The van der Waals surface area contributed by atoms with E-state index in [4.69, 9.17) is 0 Å². The normalized spacial score (nSPS) is 38.4. The molecule has 0 aromatic heterocycles. The van der Waals surface area contributed by atoms with Crippen LogP contribution in [0.3, 0.4) is 0 Å². The Bertz CT molecular complexity index is 319. The summed E-state index contributed by atoms with van der Waals surface area (Å²) in [7, 11) is 3.63. The molecule has 0 aliphatic heterocycles. The Morgan fingerprint density at radius 3 is 2.47 bits per heavy atom. The Labute approximate surface area is 105 Å². The maximum atomic E-state index is 11.7. The second-order valence-electron chi connectivity index (χ2n) is 7.02. The van der Waals surface area contributed by atoms with Gasteiger partial charge in [0.05, 0.1) is 6.54 Å². The predicted octanol–water partition coefficient (Wildman–Crippen LogP) is 1.88. The van der Waals surface area contributed by atoms with Gasteiger partial charge in [0.1, 0.15) is 0 Å². The number of nitrogens with zero attached hydrogens (tertiary/aromatic N) is 1. The van der Waals surface area contributed by atoms with Gasteiger partial charge in [-0.15, -0.1) is 0 Å². The molecule has 0 aromatic rings. The minimum Gasteiger partial charge on any atom is -0.348 e. The highest BCUT2D eigenvalue weighted by molar-refractivity contribution is 5.77. The fourth-order valence-corrected chi connectivity index (χ4v) is 4.16. The SMILES string of the molecule is CN(C)C(=O)CNC1C2(C)CCC(C2)C1(C)C. The third-order valence-electron chi connectivity index (χ3n) is 5.23. The molecule has 3 heteroatoms. The number of carbonyl (C=O) groups excluding carboxylic acids is 1. The first-order valence-electron chi connectivity index (χ1n) is 6.71. The molecule has 98 valence electrons. The van der Waals surface area contributed by atoms with Crippen molar-refractivity contribution >= 4 is 5.91 Å². The number of hydrogen-bond donors (Lipinski definition) is 1. The summed E-state index contributed by atoms with van der Waals surface area (Å²) in [5.74, 6) is 1.01. The molecule has 1 amide bonds. The third-order valence-corrected chi connectivity index (χ3v) is 5.23. The number of fused-ring (bicyclic) bond motifs is 2. The summed E-state index contributed by atoms with van der Waals surface area (Å²) in [5.41, 5.74) is 0.736. The van der Waals surface area contributed by atoms with Crippen LogP contribution in [0.2, 0.25) is 0 Å². The molecule has 0 aromatic carbocycles. The Morgan fingerprint density at radius 2 is 2.00 bits per heavy atom. The Balaban J connectivity index is 2.03. The van der Waals surface area contributed by atoms with Crippen LogP contribution in [0, 0.1) is 16.7 Å². The van der Waals surface area contributed by atoms with Crippen LogP contribution in [-0.2, 0) is 4.79 Å². The number of rotatable bonds is 3. The molecular weight excluding hydrogens is 212 g/mol. The molecule has 2 saturated carbocycles. The van der Waals surface area contributed by atoms with Gasteiger partial charge in [0.25, 0.3) is 0 Å². The molecule has 2 aliphatic rings. The smallest absolute Gasteiger partial charge is 0.236 e. The van der Waals surface area contributed by atoms with Crippen LogP contribution in [0.1, 0.15) is 40.0 Å². The highest BCUT2D eigenvalue weighted by Crippen LogP contribution is 2.62. The van der Waals surface area contributed by atoms with E-state index in [2.05, 4.69) is 26.1 Å². The lowest BCUT2D eigenvalue weighted by Gasteiger charge is -2.43. The zero-order valence-electron chi connectivity index (χ0n) is 11.8. The molecular formula is C14H26N2O. The van der Waals surface area contributed by atoms with Gasteiger partial charge in [-0.2, -0.15) is 0 Å². The van der Waals surface area contributed by atoms with Crippen molar-refractivity contribution in [2.75, 3.05) is 20.6 Å². The van der Waals surface area contributed by atoms with Gasteiger partial charge >= 0.3 is 0 Å². The van der Waals surface area contributed by atoms with Gasteiger partial charge in [-0.25, -0.2) is 0 Å². The maximum absolute atomic E-state index is 11.7. The molecule has 2 fully saturated rings. The minimum atomic E-state index is 0.173. The average molecular weight is 238 g/mol. The van der Waals surface area contributed by atoms with E-state index in [1.165, 1.54) is 19.3 Å². The van der Waals surface area contributed by atoms with Gasteiger partial charge in [-0.3, -0.25) is 4.79 Å². The largest absolute Gasteiger partial charge is 0.348 e. The number of amides is 1. The Kier molecular flexibility index (Phi) is 3.01. The monoisotopic (exact) mass is 238 g/mol. The van der Waals surface area contributed by atoms with Gasteiger partial charge in [-0.05, 0) is 36.0 Å². The third kappa shape index (κ3) is 1.99. The van der Waals surface area contributed by atoms with E-state index in [1.54, 1.807) is 4.90 Å². The van der Waals surface area contributed by atoms with E-state index in [-0.39, 0.29) is 5.91 Å². The van der Waals surface area contributed by atoms with E-state index in [0.717, 1.165) is 5.92 Å². The maximum Gasteiger partial charge on any atom is 0.236 e. The molecule has 2 aliphatic carbocycles. The molecule has 0 saturated heterocycles. The van der Waals surface area contributed by atoms with Gasteiger partial charge in [0.15, 0.2) is 0 Å². The van der Waals surface area contributed by atoms with Gasteiger partial charge in [0, 0.05) is 20.1 Å². The van der Waals surface area contributed by atoms with E-state index in [9.17, 15) is 4.79 Å². The zero-order valence-corrected chi connectivity index (χ0v) is 11.8. The van der Waals surface area contributed by atoms with Gasteiger partial charge in [-0.1, -0.05) is 20.8 Å². The quantitative estimate of drug-likeness (QED) is 0.814. The number of likely N-dealkylation sites (N-methyl/N-ethyl adjacent to an activating group) is 1. The molecule has 3 unspecified atom stereocenters. The fourth-order valence-electron chi connectivity index (χ4n) is 4.16. The number of carbonyl (C=O) groups is 1. The average Bonchev–Trinajstić information content (AvgIpc) is 2.68. The summed E-state index contributed by atoms with van der Waals surface area (Å²) in [5, 5.41) is 3.53. The van der Waals surface area contributed by atoms with Crippen LogP contribution in [0.15, 0.2) is 0 Å². The van der Waals surface area contributed by atoms with Crippen molar-refractivity contribution in [1.29, 1.82) is 0 Å². The van der Waals surface area contributed by atoms with Crippen LogP contribution < -0.4 is 5.32 Å². The van der Waals surface area contributed by atoms with Crippen molar-refractivity contribution in [3.8, 4) is 0 Å². The van der Waals surface area contributed by atoms with E-state index >= 15 is 0 Å². The summed E-state index contributed by atoms with van der Waals surface area (Å²) in [4.78, 5) is 13.3.